The molecule has 2 atom stereocenters. The lowest BCUT2D eigenvalue weighted by Crippen LogP contribution is -2.57. The van der Waals surface area contributed by atoms with E-state index in [1.54, 1.807) is 25.7 Å². The van der Waals surface area contributed by atoms with Crippen molar-refractivity contribution in [2.45, 2.75) is 84.0 Å². The summed E-state index contributed by atoms with van der Waals surface area (Å²) < 4.78 is 5.53. The summed E-state index contributed by atoms with van der Waals surface area (Å²) in [5.74, 6) is -0.598. The smallest absolute Gasteiger partial charge is 0.408 e. The average molecular weight is 556 g/mol. The fraction of sp³-hybridized carbons (Fsp3) is 0.382. The van der Waals surface area contributed by atoms with Crippen LogP contribution in [0.3, 0.4) is 0 Å². The Morgan fingerprint density at radius 1 is 0.878 bits per heavy atom. The molecule has 216 valence electrons. The number of benzene rings is 3. The third kappa shape index (κ3) is 7.75. The molecule has 0 radical (unpaired) electrons. The van der Waals surface area contributed by atoms with Gasteiger partial charge in [-0.25, -0.2) is 4.79 Å². The Balaban J connectivity index is 1.74. The van der Waals surface area contributed by atoms with Gasteiger partial charge in [-0.05, 0) is 76.1 Å². The monoisotopic (exact) mass is 555 g/mol. The van der Waals surface area contributed by atoms with Gasteiger partial charge in [0.15, 0.2) is 0 Å². The largest absolute Gasteiger partial charge is 0.444 e. The molecule has 2 N–H and O–H groups in total. The van der Waals surface area contributed by atoms with Crippen LogP contribution in [0.2, 0.25) is 0 Å². The van der Waals surface area contributed by atoms with E-state index in [9.17, 15) is 14.4 Å². The maximum absolute atomic E-state index is 14.6. The molecule has 0 spiro atoms. The lowest BCUT2D eigenvalue weighted by Gasteiger charge is -2.43. The van der Waals surface area contributed by atoms with Crippen molar-refractivity contribution in [3.05, 3.63) is 101 Å². The van der Waals surface area contributed by atoms with Crippen molar-refractivity contribution in [3.63, 3.8) is 0 Å². The van der Waals surface area contributed by atoms with Gasteiger partial charge < -0.3 is 20.3 Å². The second-order valence-electron chi connectivity index (χ2n) is 11.8. The van der Waals surface area contributed by atoms with Crippen molar-refractivity contribution in [2.24, 2.45) is 0 Å². The number of carbonyl (C=O) groups excluding carboxylic acids is 3. The summed E-state index contributed by atoms with van der Waals surface area (Å²) in [6.45, 7) is 9.26. The minimum atomic E-state index is -0.924. The Morgan fingerprint density at radius 3 is 2.00 bits per heavy atom. The minimum absolute atomic E-state index is 0.130. The molecule has 0 heterocycles. The van der Waals surface area contributed by atoms with Gasteiger partial charge in [-0.1, -0.05) is 78.9 Å². The first kappa shape index (κ1) is 29.8. The molecular formula is C34H41N3O4. The molecular weight excluding hydrogens is 514 g/mol. The number of aryl methyl sites for hydroxylation is 2. The molecule has 3 aromatic carbocycles. The molecule has 2 unspecified atom stereocenters. The summed E-state index contributed by atoms with van der Waals surface area (Å²) in [6.07, 6.45) is 2.14. The quantitative estimate of drug-likeness (QED) is 0.316. The summed E-state index contributed by atoms with van der Waals surface area (Å²) >= 11 is 0. The van der Waals surface area contributed by atoms with Gasteiger partial charge in [0.05, 0.1) is 0 Å². The van der Waals surface area contributed by atoms with Crippen LogP contribution in [0, 0.1) is 13.8 Å². The zero-order chi connectivity index (χ0) is 29.6. The van der Waals surface area contributed by atoms with Crippen molar-refractivity contribution in [3.8, 4) is 0 Å². The average Bonchev–Trinajstić information content (AvgIpc) is 2.89. The molecule has 3 amide bonds. The first-order valence-electron chi connectivity index (χ1n) is 14.3. The van der Waals surface area contributed by atoms with Crippen molar-refractivity contribution < 1.29 is 19.1 Å². The van der Waals surface area contributed by atoms with Gasteiger partial charge >= 0.3 is 6.09 Å². The lowest BCUT2D eigenvalue weighted by atomic mass is 9.87. The van der Waals surface area contributed by atoms with Crippen LogP contribution in [0.4, 0.5) is 10.5 Å². The fourth-order valence-corrected chi connectivity index (χ4v) is 5.14. The fourth-order valence-electron chi connectivity index (χ4n) is 5.14. The molecule has 0 saturated heterocycles. The Bertz CT molecular complexity index is 1330. The van der Waals surface area contributed by atoms with Crippen molar-refractivity contribution in [1.82, 2.24) is 10.2 Å². The Morgan fingerprint density at radius 2 is 1.46 bits per heavy atom. The molecule has 1 fully saturated rings. The van der Waals surface area contributed by atoms with Crippen LogP contribution in [0.5, 0.6) is 0 Å². The zero-order valence-electron chi connectivity index (χ0n) is 24.6. The maximum atomic E-state index is 14.6. The van der Waals surface area contributed by atoms with Gasteiger partial charge in [-0.3, -0.25) is 9.59 Å². The van der Waals surface area contributed by atoms with E-state index in [0.29, 0.717) is 5.56 Å². The van der Waals surface area contributed by atoms with E-state index in [-0.39, 0.29) is 24.3 Å². The van der Waals surface area contributed by atoms with E-state index >= 15 is 0 Å². The third-order valence-corrected chi connectivity index (χ3v) is 7.37. The van der Waals surface area contributed by atoms with Crippen molar-refractivity contribution >= 4 is 23.6 Å². The van der Waals surface area contributed by atoms with E-state index < -0.39 is 23.8 Å². The first-order valence-corrected chi connectivity index (χ1v) is 14.3. The summed E-state index contributed by atoms with van der Waals surface area (Å²) in [5, 5.41) is 5.97. The predicted molar refractivity (Wildman–Crippen MR) is 162 cm³/mol. The van der Waals surface area contributed by atoms with Gasteiger partial charge in [-0.2, -0.15) is 0 Å². The highest BCUT2D eigenvalue weighted by Crippen LogP contribution is 2.35. The summed E-state index contributed by atoms with van der Waals surface area (Å²) in [7, 11) is 0. The Kier molecular flexibility index (Phi) is 9.48. The molecule has 4 rings (SSSR count). The molecule has 0 bridgehead atoms. The number of alkyl carbamates (subject to hydrolysis) is 1. The Labute approximate surface area is 243 Å². The van der Waals surface area contributed by atoms with Crippen LogP contribution in [-0.2, 0) is 20.7 Å². The maximum Gasteiger partial charge on any atom is 0.408 e. The van der Waals surface area contributed by atoms with Gasteiger partial charge in [0.25, 0.3) is 5.91 Å². The number of hydrogen-bond acceptors (Lipinski definition) is 4. The number of nitrogens with one attached hydrogen (secondary N) is 2. The summed E-state index contributed by atoms with van der Waals surface area (Å²) in [5.41, 5.74) is 3.52. The number of para-hydroxylation sites is 1. The number of ether oxygens (including phenoxy) is 1. The van der Waals surface area contributed by atoms with Crippen LogP contribution in [0.15, 0.2) is 78.9 Å². The Hall–Kier alpha value is -4.13. The number of anilines is 1. The molecule has 3 aromatic rings. The molecule has 41 heavy (non-hydrogen) atoms. The number of hydrogen-bond donors (Lipinski definition) is 2. The SMILES string of the molecule is Cc1cccc(C)c1NC(=O)C(c1ccccc1)N(C(=O)C(Cc1ccccc1)NC(=O)OC(C)(C)C)C1CCC1. The number of carbonyl (C=O) groups is 3. The van der Waals surface area contributed by atoms with Crippen LogP contribution in [0.25, 0.3) is 0 Å². The number of nitrogens with zero attached hydrogens (tertiary/aromatic N) is 1. The highest BCUT2D eigenvalue weighted by molar-refractivity contribution is 6.00. The second-order valence-corrected chi connectivity index (χ2v) is 11.8. The lowest BCUT2D eigenvalue weighted by molar-refractivity contribution is -0.145. The molecule has 1 saturated carbocycles. The van der Waals surface area contributed by atoms with E-state index in [0.717, 1.165) is 41.6 Å². The predicted octanol–water partition coefficient (Wildman–Crippen LogP) is 6.50. The van der Waals surface area contributed by atoms with Gasteiger partial charge in [0.1, 0.15) is 17.7 Å². The highest BCUT2D eigenvalue weighted by atomic mass is 16.6. The highest BCUT2D eigenvalue weighted by Gasteiger charge is 2.42. The van der Waals surface area contributed by atoms with E-state index in [4.69, 9.17) is 4.74 Å². The van der Waals surface area contributed by atoms with Crippen LogP contribution >= 0.6 is 0 Å². The summed E-state index contributed by atoms with van der Waals surface area (Å²) in [6, 6.07) is 22.9. The molecule has 0 aliphatic heterocycles. The van der Waals surface area contributed by atoms with Crippen molar-refractivity contribution in [1.29, 1.82) is 0 Å². The summed E-state index contributed by atoms with van der Waals surface area (Å²) in [4.78, 5) is 43.4. The number of amides is 3. The normalized spacial score (nSPS) is 14.8. The molecule has 7 nitrogen and oxygen atoms in total. The van der Waals surface area contributed by atoms with Gasteiger partial charge in [0.2, 0.25) is 5.91 Å². The van der Waals surface area contributed by atoms with Crippen LogP contribution < -0.4 is 10.6 Å². The standard InChI is InChI=1S/C34H41N3O4/c1-23-14-12-15-24(2)29(23)36-31(38)30(26-18-10-7-11-19-26)37(27-20-13-21-27)32(39)28(22-25-16-8-6-9-17-25)35-33(40)41-34(3,4)5/h6-12,14-19,27-28,30H,13,20-22H2,1-5H3,(H,35,40)(H,36,38). The van der Waals surface area contributed by atoms with Gasteiger partial charge in [-0.15, -0.1) is 0 Å². The van der Waals surface area contributed by atoms with Gasteiger partial charge in [0, 0.05) is 18.2 Å². The third-order valence-electron chi connectivity index (χ3n) is 7.37. The molecule has 1 aliphatic rings. The zero-order valence-corrected chi connectivity index (χ0v) is 24.6. The second kappa shape index (κ2) is 13.0. The first-order chi connectivity index (χ1) is 19.5. The topological polar surface area (TPSA) is 87.7 Å². The van der Waals surface area contributed by atoms with E-state index in [2.05, 4.69) is 10.6 Å². The van der Waals surface area contributed by atoms with E-state index in [1.165, 1.54) is 0 Å². The number of rotatable bonds is 9. The van der Waals surface area contributed by atoms with Crippen LogP contribution in [-0.4, -0.2) is 40.5 Å². The molecule has 1 aliphatic carbocycles. The van der Waals surface area contributed by atoms with Crippen LogP contribution in [0.1, 0.15) is 68.3 Å². The molecule has 7 heteroatoms. The van der Waals surface area contributed by atoms with Crippen molar-refractivity contribution in [2.75, 3.05) is 5.32 Å². The molecule has 0 aromatic heterocycles. The van der Waals surface area contributed by atoms with E-state index in [1.807, 2.05) is 92.7 Å². The minimum Gasteiger partial charge on any atom is -0.444 e.